The molecular formula is C32H41FN2O3. The molecule has 0 radical (unpaired) electrons. The van der Waals surface area contributed by atoms with Crippen molar-refractivity contribution < 1.29 is 19.0 Å². The molecule has 0 saturated carbocycles. The first-order valence-electron chi connectivity index (χ1n) is 13.8. The first kappa shape index (κ1) is 27.8. The first-order chi connectivity index (χ1) is 18.4. The van der Waals surface area contributed by atoms with Crippen molar-refractivity contribution in [1.29, 1.82) is 0 Å². The van der Waals surface area contributed by atoms with Crippen molar-refractivity contribution in [2.45, 2.75) is 65.0 Å². The number of fused-ring (bicyclic) bond motifs is 1. The van der Waals surface area contributed by atoms with E-state index in [1.54, 1.807) is 25.3 Å². The van der Waals surface area contributed by atoms with Crippen molar-refractivity contribution in [3.63, 3.8) is 0 Å². The van der Waals surface area contributed by atoms with E-state index in [2.05, 4.69) is 43.1 Å². The molecule has 1 unspecified atom stereocenters. The molecule has 1 aliphatic rings. The molecule has 204 valence electrons. The molecule has 1 aliphatic carbocycles. The minimum Gasteiger partial charge on any atom is -0.508 e. The van der Waals surface area contributed by atoms with Crippen LogP contribution in [-0.2, 0) is 19.4 Å². The van der Waals surface area contributed by atoms with Crippen LogP contribution in [0.25, 0.3) is 0 Å². The van der Waals surface area contributed by atoms with Gasteiger partial charge < -0.3 is 24.8 Å². The van der Waals surface area contributed by atoms with Crippen LogP contribution in [0.4, 0.5) is 10.1 Å². The lowest BCUT2D eigenvalue weighted by atomic mass is 9.79. The fourth-order valence-corrected chi connectivity index (χ4v) is 5.29. The number of halogens is 1. The number of phenolic OH excluding ortho intramolecular Hbond substituents is 1. The van der Waals surface area contributed by atoms with E-state index in [0.717, 1.165) is 49.2 Å². The number of aryl methyl sites for hydroxylation is 1. The molecule has 3 aromatic carbocycles. The molecule has 1 atom stereocenters. The fraction of sp³-hybridized carbons (Fsp3) is 0.438. The third-order valence-corrected chi connectivity index (χ3v) is 7.34. The van der Waals surface area contributed by atoms with Crippen LogP contribution in [0.15, 0.2) is 54.6 Å². The van der Waals surface area contributed by atoms with Crippen molar-refractivity contribution in [1.82, 2.24) is 5.32 Å². The number of hydrogen-bond acceptors (Lipinski definition) is 5. The maximum atomic E-state index is 14.9. The zero-order valence-electron chi connectivity index (χ0n) is 23.1. The largest absolute Gasteiger partial charge is 0.508 e. The first-order valence-corrected chi connectivity index (χ1v) is 13.8. The summed E-state index contributed by atoms with van der Waals surface area (Å²) >= 11 is 0. The lowest BCUT2D eigenvalue weighted by Gasteiger charge is -2.35. The number of ether oxygens (including phenoxy) is 2. The topological polar surface area (TPSA) is 54.0 Å². The Morgan fingerprint density at radius 3 is 2.63 bits per heavy atom. The number of nitrogens with one attached hydrogen (secondary N) is 1. The second-order valence-corrected chi connectivity index (χ2v) is 10.4. The molecule has 0 saturated heterocycles. The molecule has 4 rings (SSSR count). The predicted molar refractivity (Wildman–Crippen MR) is 152 cm³/mol. The Kier molecular flexibility index (Phi) is 9.51. The lowest BCUT2D eigenvalue weighted by molar-refractivity contribution is 0.299. The van der Waals surface area contributed by atoms with Gasteiger partial charge in [-0.25, -0.2) is 4.39 Å². The molecule has 0 amide bonds. The van der Waals surface area contributed by atoms with Gasteiger partial charge in [-0.05, 0) is 105 Å². The second-order valence-electron chi connectivity index (χ2n) is 10.4. The van der Waals surface area contributed by atoms with Gasteiger partial charge in [-0.3, -0.25) is 0 Å². The number of nitrogens with zero attached hydrogens (tertiary/aromatic N) is 1. The summed E-state index contributed by atoms with van der Waals surface area (Å²) in [7, 11) is 1.69. The van der Waals surface area contributed by atoms with Gasteiger partial charge in [0.25, 0.3) is 0 Å². The minimum absolute atomic E-state index is 0.192. The number of methoxy groups -OCH3 is 1. The van der Waals surface area contributed by atoms with Gasteiger partial charge in [0.05, 0.1) is 7.11 Å². The summed E-state index contributed by atoms with van der Waals surface area (Å²) in [5.74, 6) is 1.44. The van der Waals surface area contributed by atoms with Gasteiger partial charge >= 0.3 is 0 Å². The highest BCUT2D eigenvalue weighted by Crippen LogP contribution is 2.40. The Hall–Kier alpha value is -3.25. The van der Waals surface area contributed by atoms with Crippen molar-refractivity contribution in [3.05, 3.63) is 82.7 Å². The Balaban J connectivity index is 1.56. The average Bonchev–Trinajstić information content (AvgIpc) is 2.91. The van der Waals surface area contributed by atoms with Crippen LogP contribution in [0.1, 0.15) is 61.8 Å². The monoisotopic (exact) mass is 520 g/mol. The molecule has 0 heterocycles. The molecule has 2 N–H and O–H groups in total. The summed E-state index contributed by atoms with van der Waals surface area (Å²) in [5.41, 5.74) is 5.81. The van der Waals surface area contributed by atoms with E-state index in [9.17, 15) is 9.50 Å². The van der Waals surface area contributed by atoms with Gasteiger partial charge in [0.15, 0.2) is 11.6 Å². The molecule has 0 fully saturated rings. The van der Waals surface area contributed by atoms with Gasteiger partial charge in [-0.15, -0.1) is 0 Å². The number of phenols is 1. The van der Waals surface area contributed by atoms with Crippen molar-refractivity contribution in [2.75, 3.05) is 31.7 Å². The van der Waals surface area contributed by atoms with E-state index in [4.69, 9.17) is 9.47 Å². The van der Waals surface area contributed by atoms with Crippen LogP contribution in [-0.4, -0.2) is 38.0 Å². The van der Waals surface area contributed by atoms with E-state index >= 15 is 0 Å². The summed E-state index contributed by atoms with van der Waals surface area (Å²) in [6.07, 6.45) is 3.93. The molecule has 0 spiro atoms. The number of hydrogen-bond donors (Lipinski definition) is 2. The Morgan fingerprint density at radius 2 is 1.89 bits per heavy atom. The summed E-state index contributed by atoms with van der Waals surface area (Å²) in [5, 5.41) is 13.2. The summed E-state index contributed by atoms with van der Waals surface area (Å²) in [4.78, 5) is 2.33. The zero-order valence-corrected chi connectivity index (χ0v) is 23.1. The molecule has 0 aromatic heterocycles. The molecule has 3 aromatic rings. The number of aromatic hydroxyl groups is 1. The van der Waals surface area contributed by atoms with Crippen molar-refractivity contribution >= 4 is 5.69 Å². The molecule has 5 nitrogen and oxygen atoms in total. The molecule has 38 heavy (non-hydrogen) atoms. The van der Waals surface area contributed by atoms with Crippen LogP contribution >= 0.6 is 0 Å². The summed E-state index contributed by atoms with van der Waals surface area (Å²) in [6.45, 7) is 9.08. The van der Waals surface area contributed by atoms with Gasteiger partial charge in [0.2, 0.25) is 0 Å². The van der Waals surface area contributed by atoms with Crippen LogP contribution in [0.2, 0.25) is 0 Å². The number of anilines is 1. The third-order valence-electron chi connectivity index (χ3n) is 7.34. The Bertz CT molecular complexity index is 1210. The Labute approximate surface area is 226 Å². The maximum absolute atomic E-state index is 14.9. The van der Waals surface area contributed by atoms with Crippen molar-refractivity contribution in [3.8, 4) is 17.2 Å². The third kappa shape index (κ3) is 6.79. The molecular weight excluding hydrogens is 479 g/mol. The Morgan fingerprint density at radius 1 is 1.05 bits per heavy atom. The maximum Gasteiger partial charge on any atom is 0.165 e. The predicted octanol–water partition coefficient (Wildman–Crippen LogP) is 6.61. The van der Waals surface area contributed by atoms with E-state index in [1.807, 2.05) is 24.3 Å². The second kappa shape index (κ2) is 13.0. The lowest BCUT2D eigenvalue weighted by Crippen LogP contribution is -2.32. The van der Waals surface area contributed by atoms with Gasteiger partial charge in [0.1, 0.15) is 18.1 Å². The smallest absolute Gasteiger partial charge is 0.165 e. The number of benzene rings is 3. The minimum atomic E-state index is -0.334. The molecule has 6 heteroatoms. The van der Waals surface area contributed by atoms with E-state index in [-0.39, 0.29) is 17.6 Å². The zero-order chi connectivity index (χ0) is 27.1. The highest BCUT2D eigenvalue weighted by atomic mass is 19.1. The summed E-state index contributed by atoms with van der Waals surface area (Å²) in [6, 6.07) is 17.5. The van der Waals surface area contributed by atoms with E-state index < -0.39 is 0 Å². The normalized spacial score (nSPS) is 14.8. The van der Waals surface area contributed by atoms with Crippen LogP contribution in [0, 0.1) is 5.82 Å². The quantitative estimate of drug-likeness (QED) is 0.263. The highest BCUT2D eigenvalue weighted by Gasteiger charge is 2.26. The van der Waals surface area contributed by atoms with E-state index in [0.29, 0.717) is 31.4 Å². The van der Waals surface area contributed by atoms with Gasteiger partial charge in [0, 0.05) is 30.9 Å². The molecule has 0 bridgehead atoms. The highest BCUT2D eigenvalue weighted by molar-refractivity contribution is 5.60. The van der Waals surface area contributed by atoms with Gasteiger partial charge in [-0.2, -0.15) is 0 Å². The van der Waals surface area contributed by atoms with Crippen LogP contribution in [0.3, 0.4) is 0 Å². The number of rotatable bonds is 12. The van der Waals surface area contributed by atoms with E-state index in [1.165, 1.54) is 16.7 Å². The average molecular weight is 521 g/mol. The van der Waals surface area contributed by atoms with Crippen LogP contribution < -0.4 is 19.7 Å². The van der Waals surface area contributed by atoms with Crippen molar-refractivity contribution in [2.24, 2.45) is 0 Å². The molecule has 0 aliphatic heterocycles. The summed E-state index contributed by atoms with van der Waals surface area (Å²) < 4.78 is 26.2. The van der Waals surface area contributed by atoms with Gasteiger partial charge in [-0.1, -0.05) is 25.1 Å². The van der Waals surface area contributed by atoms with Crippen LogP contribution in [0.5, 0.6) is 17.2 Å². The fourth-order valence-electron chi connectivity index (χ4n) is 5.29. The SMILES string of the molecule is CCCNCCOc1ccc(CN(c2cc(OC)ccc2C2CCc3cc(O)ccc3C2)C(C)C)cc1F. The standard InChI is InChI=1S/C32H41FN2O3/c1-5-14-34-15-16-38-32-13-6-23(17-30(32)33)21-35(22(2)3)31-20-28(37-4)11-12-29(31)26-8-7-25-19-27(36)10-9-24(25)18-26/h6,9-13,17,19-20,22,26,34,36H,5,7-8,14-16,18,21H2,1-4H3.